The van der Waals surface area contributed by atoms with Crippen molar-refractivity contribution in [3.05, 3.63) is 34.9 Å². The smallest absolute Gasteiger partial charge is 0.261 e. The molecule has 0 fully saturated rings. The van der Waals surface area contributed by atoms with Crippen LogP contribution in [0.3, 0.4) is 0 Å². The molecule has 0 aliphatic carbocycles. The highest BCUT2D eigenvalue weighted by atomic mass is 16.2. The van der Waals surface area contributed by atoms with Gasteiger partial charge in [0.1, 0.15) is 0 Å². The Bertz CT molecular complexity index is 454. The topological polar surface area (TPSA) is 49.4 Å². The summed E-state index contributed by atoms with van der Waals surface area (Å²) in [4.78, 5) is 25.1. The maximum absolute atomic E-state index is 11.9. The van der Waals surface area contributed by atoms with E-state index in [1.54, 1.807) is 19.2 Å². The molecule has 1 aromatic rings. The van der Waals surface area contributed by atoms with E-state index in [-0.39, 0.29) is 11.8 Å². The number of rotatable bonds is 3. The Morgan fingerprint density at radius 1 is 1.19 bits per heavy atom. The van der Waals surface area contributed by atoms with Gasteiger partial charge in [0, 0.05) is 13.1 Å². The highest BCUT2D eigenvalue weighted by Gasteiger charge is 2.34. The summed E-state index contributed by atoms with van der Waals surface area (Å²) in [7, 11) is 1.79. The van der Waals surface area contributed by atoms with Crippen molar-refractivity contribution in [1.29, 1.82) is 0 Å². The molecule has 1 heterocycles. The maximum Gasteiger partial charge on any atom is 0.261 e. The average molecular weight is 218 g/mol. The molecule has 0 unspecified atom stereocenters. The van der Waals surface area contributed by atoms with Crippen LogP contribution < -0.4 is 5.32 Å². The predicted octanol–water partition coefficient (Wildman–Crippen LogP) is 0.810. The zero-order valence-electron chi connectivity index (χ0n) is 9.41. The lowest BCUT2D eigenvalue weighted by Crippen LogP contribution is -2.35. The molecule has 1 aliphatic heterocycles. The fourth-order valence-corrected chi connectivity index (χ4v) is 1.83. The average Bonchev–Trinajstić information content (AvgIpc) is 2.50. The normalized spacial score (nSPS) is 14.5. The molecule has 0 bridgehead atoms. The van der Waals surface area contributed by atoms with Gasteiger partial charge in [0.25, 0.3) is 11.8 Å². The first-order valence-electron chi connectivity index (χ1n) is 5.26. The maximum atomic E-state index is 11.9. The minimum atomic E-state index is -0.185. The molecule has 1 aliphatic rings. The van der Waals surface area contributed by atoms with Crippen LogP contribution in [-0.4, -0.2) is 36.9 Å². The molecular formula is C12H14N2O2. The minimum Gasteiger partial charge on any atom is -0.318 e. The number of fused-ring (bicyclic) bond motifs is 1. The quantitative estimate of drug-likeness (QED) is 0.764. The third kappa shape index (κ3) is 1.61. The molecule has 2 rings (SSSR count). The molecule has 84 valence electrons. The van der Waals surface area contributed by atoms with Crippen LogP contribution in [0.15, 0.2) is 18.2 Å². The molecule has 0 saturated heterocycles. The molecule has 0 spiro atoms. The van der Waals surface area contributed by atoms with Gasteiger partial charge >= 0.3 is 0 Å². The van der Waals surface area contributed by atoms with Crippen LogP contribution in [0.25, 0.3) is 0 Å². The van der Waals surface area contributed by atoms with E-state index in [1.807, 2.05) is 13.0 Å². The van der Waals surface area contributed by atoms with Gasteiger partial charge in [0.05, 0.1) is 11.1 Å². The second-order valence-corrected chi connectivity index (χ2v) is 3.91. The van der Waals surface area contributed by atoms with Crippen molar-refractivity contribution in [2.45, 2.75) is 6.92 Å². The van der Waals surface area contributed by atoms with Crippen LogP contribution in [0.2, 0.25) is 0 Å². The fraction of sp³-hybridized carbons (Fsp3) is 0.333. The lowest BCUT2D eigenvalue weighted by Gasteiger charge is -2.12. The number of benzene rings is 1. The largest absolute Gasteiger partial charge is 0.318 e. The van der Waals surface area contributed by atoms with Gasteiger partial charge in [-0.1, -0.05) is 11.6 Å². The molecule has 0 radical (unpaired) electrons. The number of imide groups is 1. The number of likely N-dealkylation sites (N-methyl/N-ethyl adjacent to an activating group) is 1. The van der Waals surface area contributed by atoms with Crippen molar-refractivity contribution in [2.24, 2.45) is 0 Å². The van der Waals surface area contributed by atoms with Crippen LogP contribution in [0.1, 0.15) is 26.3 Å². The van der Waals surface area contributed by atoms with Gasteiger partial charge in [-0.2, -0.15) is 0 Å². The summed E-state index contributed by atoms with van der Waals surface area (Å²) in [6.07, 6.45) is 0. The monoisotopic (exact) mass is 218 g/mol. The Hall–Kier alpha value is -1.68. The number of nitrogens with zero attached hydrogens (tertiary/aromatic N) is 1. The SMILES string of the molecule is CNCCN1C(=O)c2ccc(C)cc2C1=O. The van der Waals surface area contributed by atoms with Gasteiger partial charge in [0.15, 0.2) is 0 Å². The number of carbonyl (C=O) groups is 2. The molecule has 4 heteroatoms. The predicted molar refractivity (Wildman–Crippen MR) is 60.5 cm³/mol. The molecular weight excluding hydrogens is 204 g/mol. The number of amides is 2. The van der Waals surface area contributed by atoms with Crippen molar-refractivity contribution < 1.29 is 9.59 Å². The Morgan fingerprint density at radius 2 is 1.88 bits per heavy atom. The van der Waals surface area contributed by atoms with E-state index < -0.39 is 0 Å². The van der Waals surface area contributed by atoms with E-state index in [0.29, 0.717) is 24.2 Å². The van der Waals surface area contributed by atoms with E-state index in [2.05, 4.69) is 5.32 Å². The van der Waals surface area contributed by atoms with Crippen LogP contribution in [0, 0.1) is 6.92 Å². The number of nitrogens with one attached hydrogen (secondary N) is 1. The second-order valence-electron chi connectivity index (χ2n) is 3.91. The van der Waals surface area contributed by atoms with Crippen molar-refractivity contribution in [2.75, 3.05) is 20.1 Å². The molecule has 2 amide bonds. The van der Waals surface area contributed by atoms with Gasteiger partial charge < -0.3 is 5.32 Å². The highest BCUT2D eigenvalue weighted by molar-refractivity contribution is 6.21. The molecule has 1 aromatic carbocycles. The molecule has 1 N–H and O–H groups in total. The summed E-state index contributed by atoms with van der Waals surface area (Å²) in [5.41, 5.74) is 2.04. The standard InChI is InChI=1S/C12H14N2O2/c1-8-3-4-9-10(7-8)12(16)14(11(9)15)6-5-13-2/h3-4,7,13H,5-6H2,1-2H3. The van der Waals surface area contributed by atoms with Gasteiger partial charge in [-0.15, -0.1) is 0 Å². The summed E-state index contributed by atoms with van der Waals surface area (Å²) in [6.45, 7) is 2.95. The number of hydrogen-bond acceptors (Lipinski definition) is 3. The minimum absolute atomic E-state index is 0.182. The lowest BCUT2D eigenvalue weighted by atomic mass is 10.1. The zero-order valence-corrected chi connectivity index (χ0v) is 9.41. The third-order valence-corrected chi connectivity index (χ3v) is 2.71. The van der Waals surface area contributed by atoms with Crippen molar-refractivity contribution in [3.63, 3.8) is 0 Å². The van der Waals surface area contributed by atoms with Crippen LogP contribution in [0.4, 0.5) is 0 Å². The molecule has 0 aromatic heterocycles. The Morgan fingerprint density at radius 3 is 2.56 bits per heavy atom. The Balaban J connectivity index is 2.33. The van der Waals surface area contributed by atoms with E-state index in [0.717, 1.165) is 5.56 Å². The molecule has 0 saturated carbocycles. The number of hydrogen-bond donors (Lipinski definition) is 1. The summed E-state index contributed by atoms with van der Waals surface area (Å²) in [6, 6.07) is 5.35. The molecule has 4 nitrogen and oxygen atoms in total. The first-order chi connectivity index (χ1) is 7.65. The van der Waals surface area contributed by atoms with Crippen LogP contribution >= 0.6 is 0 Å². The summed E-state index contributed by atoms with van der Waals surface area (Å²) >= 11 is 0. The number of carbonyl (C=O) groups excluding carboxylic acids is 2. The fourth-order valence-electron chi connectivity index (χ4n) is 1.83. The summed E-state index contributed by atoms with van der Waals surface area (Å²) in [5.74, 6) is -0.366. The van der Waals surface area contributed by atoms with Crippen molar-refractivity contribution in [1.82, 2.24) is 10.2 Å². The van der Waals surface area contributed by atoms with Crippen LogP contribution in [-0.2, 0) is 0 Å². The lowest BCUT2D eigenvalue weighted by molar-refractivity contribution is 0.0656. The van der Waals surface area contributed by atoms with Gasteiger partial charge in [-0.25, -0.2) is 0 Å². The molecule has 0 atom stereocenters. The van der Waals surface area contributed by atoms with Crippen LogP contribution in [0.5, 0.6) is 0 Å². The third-order valence-electron chi connectivity index (χ3n) is 2.71. The first kappa shape index (κ1) is 10.8. The van der Waals surface area contributed by atoms with E-state index in [4.69, 9.17) is 0 Å². The summed E-state index contributed by atoms with van der Waals surface area (Å²) in [5, 5.41) is 2.93. The number of aryl methyl sites for hydroxylation is 1. The second kappa shape index (κ2) is 4.06. The molecule has 16 heavy (non-hydrogen) atoms. The Labute approximate surface area is 94.2 Å². The van der Waals surface area contributed by atoms with E-state index in [1.165, 1.54) is 4.90 Å². The Kier molecular flexibility index (Phi) is 2.75. The summed E-state index contributed by atoms with van der Waals surface area (Å²) < 4.78 is 0. The first-order valence-corrected chi connectivity index (χ1v) is 5.26. The zero-order chi connectivity index (χ0) is 11.7. The van der Waals surface area contributed by atoms with Crippen molar-refractivity contribution in [3.8, 4) is 0 Å². The van der Waals surface area contributed by atoms with Gasteiger partial charge in [0.2, 0.25) is 0 Å². The van der Waals surface area contributed by atoms with E-state index in [9.17, 15) is 9.59 Å². The van der Waals surface area contributed by atoms with Gasteiger partial charge in [-0.05, 0) is 26.1 Å². The van der Waals surface area contributed by atoms with E-state index >= 15 is 0 Å². The van der Waals surface area contributed by atoms with Gasteiger partial charge in [-0.3, -0.25) is 14.5 Å². The van der Waals surface area contributed by atoms with Crippen molar-refractivity contribution >= 4 is 11.8 Å². The highest BCUT2D eigenvalue weighted by Crippen LogP contribution is 2.23.